The van der Waals surface area contributed by atoms with E-state index < -0.39 is 6.67 Å². The highest BCUT2D eigenvalue weighted by molar-refractivity contribution is 5.16. The first-order valence-corrected chi connectivity index (χ1v) is 4.01. The van der Waals surface area contributed by atoms with Crippen molar-refractivity contribution in [2.75, 3.05) is 13.6 Å². The molecule has 0 aliphatic rings. The molecule has 0 saturated carbocycles. The molecule has 66 valence electrons. The van der Waals surface area contributed by atoms with Crippen LogP contribution in [0.25, 0.3) is 0 Å². The zero-order valence-corrected chi connectivity index (χ0v) is 7.18. The molecule has 12 heavy (non-hydrogen) atoms. The number of hydrogen-bond donors (Lipinski definition) is 1. The van der Waals surface area contributed by atoms with Crippen molar-refractivity contribution in [2.24, 2.45) is 0 Å². The third kappa shape index (κ3) is 2.58. The lowest BCUT2D eigenvalue weighted by Gasteiger charge is -2.00. The molecule has 0 fully saturated rings. The van der Waals surface area contributed by atoms with E-state index in [1.807, 2.05) is 13.1 Å². The van der Waals surface area contributed by atoms with Crippen molar-refractivity contribution >= 4 is 0 Å². The summed E-state index contributed by atoms with van der Waals surface area (Å²) in [6, 6.07) is 3.72. The van der Waals surface area contributed by atoms with Crippen LogP contribution in [0.5, 0.6) is 0 Å². The smallest absolute Gasteiger partial charge is 0.131 e. The lowest BCUT2D eigenvalue weighted by molar-refractivity contribution is 0.475. The summed E-state index contributed by atoms with van der Waals surface area (Å²) in [6.07, 6.45) is 2.58. The zero-order valence-electron chi connectivity index (χ0n) is 7.18. The summed E-state index contributed by atoms with van der Waals surface area (Å²) in [7, 11) is 1.90. The molecule has 1 heterocycles. The first-order chi connectivity index (χ1) is 5.86. The Morgan fingerprint density at radius 2 is 2.42 bits per heavy atom. The molecule has 0 radical (unpaired) electrons. The minimum Gasteiger partial charge on any atom is -0.319 e. The minimum atomic E-state index is -0.479. The van der Waals surface area contributed by atoms with Gasteiger partial charge in [-0.25, -0.2) is 4.39 Å². The highest BCUT2D eigenvalue weighted by atomic mass is 19.1. The third-order valence-electron chi connectivity index (χ3n) is 1.68. The van der Waals surface area contributed by atoms with Crippen molar-refractivity contribution in [3.63, 3.8) is 0 Å². The van der Waals surface area contributed by atoms with Gasteiger partial charge in [-0.1, -0.05) is 0 Å². The molecule has 0 unspecified atom stereocenters. The predicted molar refractivity (Wildman–Crippen MR) is 46.7 cm³/mol. The summed E-state index contributed by atoms with van der Waals surface area (Å²) < 4.78 is 12.1. The van der Waals surface area contributed by atoms with Gasteiger partial charge >= 0.3 is 0 Å². The van der Waals surface area contributed by atoms with Gasteiger partial charge in [0.2, 0.25) is 0 Å². The Balaban J connectivity index is 2.60. The van der Waals surface area contributed by atoms with Crippen molar-refractivity contribution in [2.45, 2.75) is 13.1 Å². The van der Waals surface area contributed by atoms with Crippen LogP contribution in [0.3, 0.4) is 0 Å². The second kappa shape index (κ2) is 4.83. The molecule has 0 bridgehead atoms. The van der Waals surface area contributed by atoms with E-state index in [1.54, 1.807) is 12.3 Å². The second-order valence-electron chi connectivity index (χ2n) is 2.64. The number of nitrogens with one attached hydrogen (secondary N) is 1. The highest BCUT2D eigenvalue weighted by Crippen LogP contribution is 2.03. The topological polar surface area (TPSA) is 24.9 Å². The van der Waals surface area contributed by atoms with E-state index >= 15 is 0 Å². The molecule has 0 amide bonds. The fourth-order valence-electron chi connectivity index (χ4n) is 1.03. The number of likely N-dealkylation sites (N-methyl/N-ethyl adjacent to an activating group) is 1. The molecule has 1 aromatic rings. The Morgan fingerprint density at radius 3 is 3.08 bits per heavy atom. The monoisotopic (exact) mass is 168 g/mol. The maximum atomic E-state index is 12.1. The number of aromatic nitrogens is 1. The van der Waals surface area contributed by atoms with Crippen LogP contribution in [-0.2, 0) is 13.1 Å². The van der Waals surface area contributed by atoms with Crippen molar-refractivity contribution in [1.82, 2.24) is 10.3 Å². The Hall–Kier alpha value is -0.960. The number of nitrogens with zero attached hydrogens (tertiary/aromatic N) is 1. The second-order valence-corrected chi connectivity index (χ2v) is 2.64. The van der Waals surface area contributed by atoms with Crippen LogP contribution in [0.1, 0.15) is 11.3 Å². The molecule has 0 spiro atoms. The van der Waals surface area contributed by atoms with Gasteiger partial charge in [-0.05, 0) is 37.7 Å². The van der Waals surface area contributed by atoms with Gasteiger partial charge in [-0.15, -0.1) is 0 Å². The number of pyridine rings is 1. The molecular weight excluding hydrogens is 155 g/mol. The molecule has 0 aliphatic heterocycles. The molecule has 0 aromatic carbocycles. The van der Waals surface area contributed by atoms with Crippen molar-refractivity contribution < 1.29 is 4.39 Å². The van der Waals surface area contributed by atoms with Crippen molar-refractivity contribution in [1.29, 1.82) is 0 Å². The van der Waals surface area contributed by atoms with E-state index in [1.165, 1.54) is 0 Å². The van der Waals surface area contributed by atoms with Crippen LogP contribution in [0.4, 0.5) is 4.39 Å². The molecule has 0 atom stereocenters. The van der Waals surface area contributed by atoms with Crippen LogP contribution in [0.2, 0.25) is 0 Å². The maximum Gasteiger partial charge on any atom is 0.131 e. The van der Waals surface area contributed by atoms with Crippen molar-refractivity contribution in [3.05, 3.63) is 29.6 Å². The molecule has 1 N–H and O–H groups in total. The molecule has 3 heteroatoms. The molecule has 2 nitrogen and oxygen atoms in total. The fraction of sp³-hybridized carbons (Fsp3) is 0.444. The van der Waals surface area contributed by atoms with Crippen molar-refractivity contribution in [3.8, 4) is 0 Å². The standard InChI is InChI=1S/C9H13FN2/c1-11-4-2-8-3-5-12-9(6-8)7-10/h3,5-6,11H,2,4,7H2,1H3. The van der Waals surface area contributed by atoms with Crippen LogP contribution in [0, 0.1) is 0 Å². The van der Waals surface area contributed by atoms with E-state index in [0.29, 0.717) is 5.69 Å². The summed E-state index contributed by atoms with van der Waals surface area (Å²) in [5, 5.41) is 3.04. The number of halogens is 1. The summed E-state index contributed by atoms with van der Waals surface area (Å²) in [4.78, 5) is 3.87. The quantitative estimate of drug-likeness (QED) is 0.733. The average Bonchev–Trinajstić information content (AvgIpc) is 2.15. The van der Waals surface area contributed by atoms with E-state index in [0.717, 1.165) is 18.5 Å². The maximum absolute atomic E-state index is 12.1. The van der Waals surface area contributed by atoms with Gasteiger partial charge in [-0.2, -0.15) is 0 Å². The Bertz CT molecular complexity index is 238. The molecule has 1 aromatic heterocycles. The molecule has 1 rings (SSSR count). The van der Waals surface area contributed by atoms with E-state index in [9.17, 15) is 4.39 Å². The summed E-state index contributed by atoms with van der Waals surface area (Å²) >= 11 is 0. The van der Waals surface area contributed by atoms with Crippen LogP contribution in [0.15, 0.2) is 18.3 Å². The van der Waals surface area contributed by atoms with Crippen LogP contribution < -0.4 is 5.32 Å². The summed E-state index contributed by atoms with van der Waals surface area (Å²) in [5.74, 6) is 0. The third-order valence-corrected chi connectivity index (χ3v) is 1.68. The zero-order chi connectivity index (χ0) is 8.81. The van der Waals surface area contributed by atoms with Gasteiger partial charge in [0, 0.05) is 6.20 Å². The number of hydrogen-bond acceptors (Lipinski definition) is 2. The molecule has 0 saturated heterocycles. The van der Waals surface area contributed by atoms with Crippen LogP contribution in [-0.4, -0.2) is 18.6 Å². The fourth-order valence-corrected chi connectivity index (χ4v) is 1.03. The van der Waals surface area contributed by atoms with E-state index in [4.69, 9.17) is 0 Å². The number of rotatable bonds is 4. The first-order valence-electron chi connectivity index (χ1n) is 4.01. The van der Waals surface area contributed by atoms with E-state index in [2.05, 4.69) is 10.3 Å². The number of alkyl halides is 1. The lowest BCUT2D eigenvalue weighted by atomic mass is 10.2. The predicted octanol–water partition coefficient (Wildman–Crippen LogP) is 1.31. The van der Waals surface area contributed by atoms with Gasteiger partial charge < -0.3 is 5.32 Å². The largest absolute Gasteiger partial charge is 0.319 e. The average molecular weight is 168 g/mol. The summed E-state index contributed by atoms with van der Waals surface area (Å²) in [5.41, 5.74) is 1.65. The van der Waals surface area contributed by atoms with Gasteiger partial charge in [0.1, 0.15) is 6.67 Å². The highest BCUT2D eigenvalue weighted by Gasteiger charge is 1.95. The summed E-state index contributed by atoms with van der Waals surface area (Å²) in [6.45, 7) is 0.434. The molecular formula is C9H13FN2. The van der Waals surface area contributed by atoms with Crippen LogP contribution >= 0.6 is 0 Å². The van der Waals surface area contributed by atoms with Gasteiger partial charge in [0.05, 0.1) is 5.69 Å². The molecule has 0 aliphatic carbocycles. The SMILES string of the molecule is CNCCc1ccnc(CF)c1. The van der Waals surface area contributed by atoms with Gasteiger partial charge in [-0.3, -0.25) is 4.98 Å². The van der Waals surface area contributed by atoms with E-state index in [-0.39, 0.29) is 0 Å². The first kappa shape index (κ1) is 9.13. The Labute approximate surface area is 71.8 Å². The minimum absolute atomic E-state index is 0.479. The van der Waals surface area contributed by atoms with Gasteiger partial charge in [0.15, 0.2) is 0 Å². The van der Waals surface area contributed by atoms with Gasteiger partial charge in [0.25, 0.3) is 0 Å². The Kier molecular flexibility index (Phi) is 3.67. The lowest BCUT2D eigenvalue weighted by Crippen LogP contribution is -2.10. The Morgan fingerprint density at radius 1 is 1.58 bits per heavy atom. The normalized spacial score (nSPS) is 10.2.